The molecule has 0 amide bonds. The van der Waals surface area contributed by atoms with Crippen LogP contribution in [0.15, 0.2) is 24.3 Å². The maximum absolute atomic E-state index is 5.85. The summed E-state index contributed by atoms with van der Waals surface area (Å²) in [6.07, 6.45) is 9.58. The van der Waals surface area contributed by atoms with Gasteiger partial charge in [-0.05, 0) is 50.8 Å². The Kier molecular flexibility index (Phi) is 4.49. The Hall–Kier alpha value is -1.48. The molecule has 114 valence electrons. The average Bonchev–Trinajstić information content (AvgIpc) is 2.86. The highest BCUT2D eigenvalue weighted by molar-refractivity contribution is 5.48. The first kappa shape index (κ1) is 14.5. The maximum atomic E-state index is 5.85. The van der Waals surface area contributed by atoms with Crippen LogP contribution in [0.1, 0.15) is 37.3 Å². The molecule has 2 unspecified atom stereocenters. The zero-order chi connectivity index (χ0) is 14.7. The molecule has 1 aliphatic carbocycles. The van der Waals surface area contributed by atoms with Gasteiger partial charge in [0, 0.05) is 24.1 Å². The molecule has 2 aliphatic rings. The van der Waals surface area contributed by atoms with E-state index in [0.29, 0.717) is 0 Å². The van der Waals surface area contributed by atoms with Gasteiger partial charge in [0.15, 0.2) is 0 Å². The van der Waals surface area contributed by atoms with Crippen LogP contribution in [0, 0.1) is 5.92 Å². The Morgan fingerprint density at radius 2 is 2.24 bits per heavy atom. The van der Waals surface area contributed by atoms with Gasteiger partial charge in [0.25, 0.3) is 0 Å². The molecule has 1 N–H and O–H groups in total. The normalized spacial score (nSPS) is 23.7. The third kappa shape index (κ3) is 3.41. The van der Waals surface area contributed by atoms with E-state index in [1.807, 2.05) is 0 Å². The van der Waals surface area contributed by atoms with Gasteiger partial charge in [-0.2, -0.15) is 0 Å². The fourth-order valence-corrected chi connectivity index (χ4v) is 3.26. The molecule has 3 rings (SSSR count). The van der Waals surface area contributed by atoms with Gasteiger partial charge in [0.2, 0.25) is 0 Å². The molecule has 0 saturated heterocycles. The van der Waals surface area contributed by atoms with E-state index in [1.165, 1.54) is 30.4 Å². The molecule has 0 aromatic heterocycles. The minimum Gasteiger partial charge on any atom is -0.496 e. The summed E-state index contributed by atoms with van der Waals surface area (Å²) in [5, 5.41) is 3.58. The van der Waals surface area contributed by atoms with Crippen molar-refractivity contribution in [1.82, 2.24) is 5.32 Å². The monoisotopic (exact) mass is 287 g/mol. The highest BCUT2D eigenvalue weighted by Crippen LogP contribution is 2.35. The minimum absolute atomic E-state index is 0.280. The Morgan fingerprint density at radius 1 is 1.33 bits per heavy atom. The molecule has 3 heteroatoms. The largest absolute Gasteiger partial charge is 0.496 e. The number of hydrogen-bond donors (Lipinski definition) is 1. The Bertz CT molecular complexity index is 524. The van der Waals surface area contributed by atoms with Crippen molar-refractivity contribution in [3.8, 4) is 11.5 Å². The number of allylic oxidation sites excluding steroid dienone is 2. The molecular formula is C18H25NO2. The van der Waals surface area contributed by atoms with Crippen LogP contribution in [0.25, 0.3) is 0 Å². The molecule has 0 spiro atoms. The molecule has 2 atom stereocenters. The number of rotatable bonds is 5. The second kappa shape index (κ2) is 6.52. The molecule has 1 aromatic rings. The fraction of sp³-hybridized carbons (Fsp3) is 0.556. The molecule has 0 bridgehead atoms. The summed E-state index contributed by atoms with van der Waals surface area (Å²) in [6, 6.07) is 4.28. The van der Waals surface area contributed by atoms with E-state index in [9.17, 15) is 0 Å². The Morgan fingerprint density at radius 3 is 3.00 bits per heavy atom. The summed E-state index contributed by atoms with van der Waals surface area (Å²) in [4.78, 5) is 0. The number of benzene rings is 1. The standard InChI is InChI=1S/C18H25NO2/c1-13-8-15-9-17(20-2)16(10-18(15)21-13)12-19-11-14-6-4-3-5-7-14/h3-4,9-10,13-14,19H,5-8,11-12H2,1-2H3. The third-order valence-electron chi connectivity index (χ3n) is 4.43. The second-order valence-electron chi connectivity index (χ2n) is 6.19. The minimum atomic E-state index is 0.280. The molecule has 3 nitrogen and oxygen atoms in total. The quantitative estimate of drug-likeness (QED) is 0.841. The van der Waals surface area contributed by atoms with Gasteiger partial charge in [-0.3, -0.25) is 0 Å². The van der Waals surface area contributed by atoms with E-state index in [1.54, 1.807) is 7.11 Å². The van der Waals surface area contributed by atoms with Gasteiger partial charge in [-0.25, -0.2) is 0 Å². The Labute approximate surface area is 127 Å². The maximum Gasteiger partial charge on any atom is 0.123 e. The summed E-state index contributed by atoms with van der Waals surface area (Å²) in [5.41, 5.74) is 2.46. The molecular weight excluding hydrogens is 262 g/mol. The lowest BCUT2D eigenvalue weighted by molar-refractivity contribution is 0.254. The van der Waals surface area contributed by atoms with Gasteiger partial charge >= 0.3 is 0 Å². The van der Waals surface area contributed by atoms with Crippen LogP contribution in [-0.4, -0.2) is 19.8 Å². The molecule has 1 aromatic carbocycles. The second-order valence-corrected chi connectivity index (χ2v) is 6.19. The third-order valence-corrected chi connectivity index (χ3v) is 4.43. The number of hydrogen-bond acceptors (Lipinski definition) is 3. The predicted octanol–water partition coefficient (Wildman–Crippen LogP) is 3.46. The van der Waals surface area contributed by atoms with Crippen LogP contribution >= 0.6 is 0 Å². The van der Waals surface area contributed by atoms with Crippen LogP contribution in [0.4, 0.5) is 0 Å². The lowest BCUT2D eigenvalue weighted by Gasteiger charge is -2.19. The zero-order valence-corrected chi connectivity index (χ0v) is 13.0. The van der Waals surface area contributed by atoms with Crippen molar-refractivity contribution in [2.45, 2.75) is 45.3 Å². The first-order valence-electron chi connectivity index (χ1n) is 7.98. The number of ether oxygens (including phenoxy) is 2. The van der Waals surface area contributed by atoms with Gasteiger partial charge in [0.1, 0.15) is 17.6 Å². The van der Waals surface area contributed by atoms with Crippen molar-refractivity contribution >= 4 is 0 Å². The van der Waals surface area contributed by atoms with E-state index >= 15 is 0 Å². The van der Waals surface area contributed by atoms with Crippen molar-refractivity contribution in [3.05, 3.63) is 35.4 Å². The number of methoxy groups -OCH3 is 1. The van der Waals surface area contributed by atoms with Gasteiger partial charge < -0.3 is 14.8 Å². The molecule has 1 heterocycles. The SMILES string of the molecule is COc1cc2c(cc1CNCC1CC=CCC1)OC(C)C2. The fourth-order valence-electron chi connectivity index (χ4n) is 3.26. The van der Waals surface area contributed by atoms with Crippen LogP contribution < -0.4 is 14.8 Å². The summed E-state index contributed by atoms with van der Waals surface area (Å²) >= 11 is 0. The van der Waals surface area contributed by atoms with Gasteiger partial charge in [-0.1, -0.05) is 12.2 Å². The van der Waals surface area contributed by atoms with Crippen LogP contribution in [0.2, 0.25) is 0 Å². The number of nitrogens with one attached hydrogen (secondary N) is 1. The first-order chi connectivity index (χ1) is 10.3. The molecule has 0 fully saturated rings. The lowest BCUT2D eigenvalue weighted by Crippen LogP contribution is -2.23. The van der Waals surface area contributed by atoms with E-state index in [2.05, 4.69) is 36.5 Å². The van der Waals surface area contributed by atoms with Gasteiger partial charge in [-0.15, -0.1) is 0 Å². The summed E-state index contributed by atoms with van der Waals surface area (Å²) in [6.45, 7) is 4.03. The van der Waals surface area contributed by atoms with Crippen molar-refractivity contribution in [1.29, 1.82) is 0 Å². The number of fused-ring (bicyclic) bond motifs is 1. The van der Waals surface area contributed by atoms with E-state index in [4.69, 9.17) is 9.47 Å². The highest BCUT2D eigenvalue weighted by Gasteiger charge is 2.21. The van der Waals surface area contributed by atoms with E-state index < -0.39 is 0 Å². The van der Waals surface area contributed by atoms with Crippen molar-refractivity contribution in [2.75, 3.05) is 13.7 Å². The first-order valence-corrected chi connectivity index (χ1v) is 7.98. The van der Waals surface area contributed by atoms with Gasteiger partial charge in [0.05, 0.1) is 7.11 Å². The summed E-state index contributed by atoms with van der Waals surface area (Å²) < 4.78 is 11.4. The molecule has 21 heavy (non-hydrogen) atoms. The predicted molar refractivity (Wildman–Crippen MR) is 85.0 cm³/mol. The summed E-state index contributed by atoms with van der Waals surface area (Å²) in [7, 11) is 1.75. The smallest absolute Gasteiger partial charge is 0.123 e. The average molecular weight is 287 g/mol. The lowest BCUT2D eigenvalue weighted by atomic mass is 9.94. The summed E-state index contributed by atoms with van der Waals surface area (Å²) in [5.74, 6) is 2.77. The van der Waals surface area contributed by atoms with Crippen molar-refractivity contribution < 1.29 is 9.47 Å². The van der Waals surface area contributed by atoms with Crippen molar-refractivity contribution in [2.24, 2.45) is 5.92 Å². The van der Waals surface area contributed by atoms with Crippen LogP contribution in [-0.2, 0) is 13.0 Å². The topological polar surface area (TPSA) is 30.5 Å². The van der Waals surface area contributed by atoms with E-state index in [-0.39, 0.29) is 6.10 Å². The zero-order valence-electron chi connectivity index (χ0n) is 13.0. The van der Waals surface area contributed by atoms with Crippen molar-refractivity contribution in [3.63, 3.8) is 0 Å². The van der Waals surface area contributed by atoms with Crippen LogP contribution in [0.3, 0.4) is 0 Å². The van der Waals surface area contributed by atoms with Crippen LogP contribution in [0.5, 0.6) is 11.5 Å². The van der Waals surface area contributed by atoms with E-state index in [0.717, 1.165) is 36.9 Å². The Balaban J connectivity index is 1.62. The molecule has 0 saturated carbocycles. The highest BCUT2D eigenvalue weighted by atomic mass is 16.5. The molecule has 1 aliphatic heterocycles. The molecule has 0 radical (unpaired) electrons.